The predicted molar refractivity (Wildman–Crippen MR) is 54.9 cm³/mol. The van der Waals surface area contributed by atoms with Crippen molar-refractivity contribution in [1.29, 1.82) is 0 Å². The van der Waals surface area contributed by atoms with Crippen LogP contribution >= 0.6 is 0 Å². The normalized spacial score (nSPS) is 10.0. The van der Waals surface area contributed by atoms with E-state index in [2.05, 4.69) is 15.7 Å². The molecule has 0 bridgehead atoms. The van der Waals surface area contributed by atoms with E-state index in [1.165, 1.54) is 0 Å². The minimum atomic E-state index is -0.211. The van der Waals surface area contributed by atoms with Gasteiger partial charge < -0.3 is 5.32 Å². The van der Waals surface area contributed by atoms with Crippen molar-refractivity contribution in [3.05, 3.63) is 24.0 Å². The third kappa shape index (κ3) is 2.70. The lowest BCUT2D eigenvalue weighted by Crippen LogP contribution is -2.36. The fraction of sp³-hybridized carbons (Fsp3) is 0.333. The van der Waals surface area contributed by atoms with E-state index in [1.807, 2.05) is 0 Å². The summed E-state index contributed by atoms with van der Waals surface area (Å²) in [6.45, 7) is 0. The minimum absolute atomic E-state index is 0.211. The summed E-state index contributed by atoms with van der Waals surface area (Å²) in [5, 5.41) is 4.51. The van der Waals surface area contributed by atoms with Gasteiger partial charge in [-0.1, -0.05) is 0 Å². The number of nitrogens with one attached hydrogen (secondary N) is 2. The van der Waals surface area contributed by atoms with Crippen LogP contribution in [0.1, 0.15) is 10.5 Å². The monoisotopic (exact) mass is 194 g/mol. The van der Waals surface area contributed by atoms with Crippen LogP contribution in [0.25, 0.3) is 0 Å². The molecule has 0 aliphatic carbocycles. The third-order valence-electron chi connectivity index (χ3n) is 1.61. The van der Waals surface area contributed by atoms with Crippen LogP contribution in [0, 0.1) is 0 Å². The molecule has 0 atom stereocenters. The summed E-state index contributed by atoms with van der Waals surface area (Å²) in [4.78, 5) is 15.4. The highest BCUT2D eigenvalue weighted by molar-refractivity contribution is 5.92. The van der Waals surface area contributed by atoms with E-state index in [9.17, 15) is 4.79 Å². The number of pyridine rings is 1. The van der Waals surface area contributed by atoms with Crippen LogP contribution in [0.2, 0.25) is 0 Å². The van der Waals surface area contributed by atoms with Crippen molar-refractivity contribution in [2.75, 3.05) is 26.5 Å². The van der Waals surface area contributed by atoms with Crippen molar-refractivity contribution in [2.45, 2.75) is 0 Å². The SMILES string of the molecule is CNc1ccc(C(=O)NN(C)C)nc1. The van der Waals surface area contributed by atoms with E-state index in [4.69, 9.17) is 0 Å². The van der Waals surface area contributed by atoms with Crippen LogP contribution in [-0.4, -0.2) is 37.0 Å². The van der Waals surface area contributed by atoms with Crippen molar-refractivity contribution in [3.8, 4) is 0 Å². The zero-order valence-corrected chi connectivity index (χ0v) is 8.53. The van der Waals surface area contributed by atoms with E-state index in [0.29, 0.717) is 5.69 Å². The quantitative estimate of drug-likeness (QED) is 0.681. The number of nitrogens with zero attached hydrogens (tertiary/aromatic N) is 2. The summed E-state index contributed by atoms with van der Waals surface area (Å²) in [5.74, 6) is -0.211. The molecule has 76 valence electrons. The first kappa shape index (κ1) is 10.5. The van der Waals surface area contributed by atoms with Crippen LogP contribution in [0.4, 0.5) is 5.69 Å². The number of hydrogen-bond acceptors (Lipinski definition) is 4. The van der Waals surface area contributed by atoms with Crippen molar-refractivity contribution in [2.24, 2.45) is 0 Å². The second-order valence-corrected chi connectivity index (χ2v) is 3.02. The summed E-state index contributed by atoms with van der Waals surface area (Å²) < 4.78 is 0. The predicted octanol–water partition coefficient (Wildman–Crippen LogP) is 0.330. The van der Waals surface area contributed by atoms with Crippen LogP contribution in [0.15, 0.2) is 18.3 Å². The second kappa shape index (κ2) is 4.57. The topological polar surface area (TPSA) is 57.3 Å². The number of hydrogen-bond donors (Lipinski definition) is 2. The summed E-state index contributed by atoms with van der Waals surface area (Å²) in [6.07, 6.45) is 1.62. The van der Waals surface area contributed by atoms with Crippen LogP contribution < -0.4 is 10.7 Å². The molecule has 0 aliphatic heterocycles. The van der Waals surface area contributed by atoms with Gasteiger partial charge in [-0.3, -0.25) is 10.2 Å². The van der Waals surface area contributed by atoms with E-state index in [-0.39, 0.29) is 5.91 Å². The largest absolute Gasteiger partial charge is 0.387 e. The molecule has 0 saturated heterocycles. The Balaban J connectivity index is 2.71. The highest BCUT2D eigenvalue weighted by Gasteiger charge is 2.06. The maximum Gasteiger partial charge on any atom is 0.284 e. The van der Waals surface area contributed by atoms with Gasteiger partial charge in [0.2, 0.25) is 0 Å². The smallest absolute Gasteiger partial charge is 0.284 e. The van der Waals surface area contributed by atoms with Gasteiger partial charge in [-0.05, 0) is 12.1 Å². The molecule has 1 rings (SSSR count). The standard InChI is InChI=1S/C9H14N4O/c1-10-7-4-5-8(11-6-7)9(14)12-13(2)3/h4-6,10H,1-3H3,(H,12,14). The Hall–Kier alpha value is -1.62. The Morgan fingerprint density at radius 3 is 2.57 bits per heavy atom. The van der Waals surface area contributed by atoms with Gasteiger partial charge in [0.25, 0.3) is 5.91 Å². The fourth-order valence-electron chi connectivity index (χ4n) is 0.936. The van der Waals surface area contributed by atoms with E-state index < -0.39 is 0 Å². The lowest BCUT2D eigenvalue weighted by molar-refractivity contribution is 0.0851. The number of carbonyl (C=O) groups excluding carboxylic acids is 1. The Labute approximate surface area is 83.1 Å². The van der Waals surface area contributed by atoms with Gasteiger partial charge in [0, 0.05) is 21.1 Å². The van der Waals surface area contributed by atoms with Gasteiger partial charge in [0.05, 0.1) is 11.9 Å². The number of anilines is 1. The molecule has 0 aromatic carbocycles. The van der Waals surface area contributed by atoms with Crippen molar-refractivity contribution < 1.29 is 4.79 Å². The maximum absolute atomic E-state index is 11.4. The zero-order valence-electron chi connectivity index (χ0n) is 8.53. The lowest BCUT2D eigenvalue weighted by Gasteiger charge is -2.11. The first-order valence-corrected chi connectivity index (χ1v) is 4.25. The molecule has 0 fully saturated rings. The Morgan fingerprint density at radius 1 is 1.43 bits per heavy atom. The van der Waals surface area contributed by atoms with E-state index in [1.54, 1.807) is 44.5 Å². The number of amides is 1. The third-order valence-corrected chi connectivity index (χ3v) is 1.61. The summed E-state index contributed by atoms with van der Waals surface area (Å²) in [6, 6.07) is 3.47. The van der Waals surface area contributed by atoms with Crippen LogP contribution in [0.3, 0.4) is 0 Å². The van der Waals surface area contributed by atoms with Gasteiger partial charge in [0.1, 0.15) is 5.69 Å². The number of rotatable bonds is 3. The lowest BCUT2D eigenvalue weighted by atomic mass is 10.3. The second-order valence-electron chi connectivity index (χ2n) is 3.02. The van der Waals surface area contributed by atoms with Crippen LogP contribution in [0.5, 0.6) is 0 Å². The summed E-state index contributed by atoms with van der Waals surface area (Å²) in [5.41, 5.74) is 3.89. The van der Waals surface area contributed by atoms with Crippen LogP contribution in [-0.2, 0) is 0 Å². The first-order valence-electron chi connectivity index (χ1n) is 4.25. The summed E-state index contributed by atoms with van der Waals surface area (Å²) >= 11 is 0. The van der Waals surface area contributed by atoms with Gasteiger partial charge in [-0.15, -0.1) is 0 Å². The van der Waals surface area contributed by atoms with Gasteiger partial charge in [0.15, 0.2) is 0 Å². The molecule has 5 heteroatoms. The molecule has 2 N–H and O–H groups in total. The Bertz CT molecular complexity index is 307. The Morgan fingerprint density at radius 2 is 2.14 bits per heavy atom. The minimum Gasteiger partial charge on any atom is -0.387 e. The first-order chi connectivity index (χ1) is 6.63. The van der Waals surface area contributed by atoms with E-state index in [0.717, 1.165) is 5.69 Å². The number of carbonyl (C=O) groups is 1. The number of hydrazine groups is 1. The molecule has 1 amide bonds. The van der Waals surface area contributed by atoms with Gasteiger partial charge >= 0.3 is 0 Å². The molecule has 0 radical (unpaired) electrons. The molecule has 0 spiro atoms. The average molecular weight is 194 g/mol. The maximum atomic E-state index is 11.4. The molecule has 0 saturated carbocycles. The molecular formula is C9H14N4O. The zero-order chi connectivity index (χ0) is 10.6. The molecule has 0 aliphatic rings. The van der Waals surface area contributed by atoms with Gasteiger partial charge in [-0.2, -0.15) is 0 Å². The molecule has 14 heavy (non-hydrogen) atoms. The molecule has 5 nitrogen and oxygen atoms in total. The highest BCUT2D eigenvalue weighted by atomic mass is 16.2. The van der Waals surface area contributed by atoms with Crippen molar-refractivity contribution in [3.63, 3.8) is 0 Å². The molecule has 0 unspecified atom stereocenters. The van der Waals surface area contributed by atoms with Crippen molar-refractivity contribution in [1.82, 2.24) is 15.4 Å². The average Bonchev–Trinajstić information content (AvgIpc) is 2.17. The summed E-state index contributed by atoms with van der Waals surface area (Å²) in [7, 11) is 5.30. The van der Waals surface area contributed by atoms with Crippen molar-refractivity contribution >= 4 is 11.6 Å². The fourth-order valence-corrected chi connectivity index (χ4v) is 0.936. The molecule has 1 aromatic heterocycles. The molecule has 1 heterocycles. The molecular weight excluding hydrogens is 180 g/mol. The van der Waals surface area contributed by atoms with Gasteiger partial charge in [-0.25, -0.2) is 9.99 Å². The molecule has 1 aromatic rings. The number of aromatic nitrogens is 1. The van der Waals surface area contributed by atoms with E-state index >= 15 is 0 Å². The highest BCUT2D eigenvalue weighted by Crippen LogP contribution is 2.04. The Kier molecular flexibility index (Phi) is 3.41.